The predicted octanol–water partition coefficient (Wildman–Crippen LogP) is 9.06. The highest BCUT2D eigenvalue weighted by molar-refractivity contribution is 7.92. The first-order valence-electron chi connectivity index (χ1n) is 14.5. The van der Waals surface area contributed by atoms with Gasteiger partial charge in [-0.25, -0.2) is 25.3 Å². The standard InChI is InChI=1S/C31H21BF12N2O4S2/c1-32-45(51(47,48)24-14-20(28(33,34)35)12-21(15-24)29(36,37)38)26(18-8-4-2-5-9-18)27(19-10-6-3-7-11-19)46(32)52(49,50)25-16-22(30(39,40)41)13-23(17-25)31(42,43)44/h2-17,26-27H,1H3/t26-,27-/m0/s1. The molecule has 1 aliphatic heterocycles. The van der Waals surface area contributed by atoms with Gasteiger partial charge in [0, 0.05) is 0 Å². The number of sulfonamides is 2. The number of nitrogens with zero attached hydrogens (tertiary/aromatic N) is 2. The molecule has 0 amide bonds. The van der Waals surface area contributed by atoms with Crippen molar-refractivity contribution in [3.05, 3.63) is 130 Å². The third kappa shape index (κ3) is 7.40. The Morgan fingerprint density at radius 1 is 0.462 bits per heavy atom. The molecule has 0 bridgehead atoms. The van der Waals surface area contributed by atoms with Gasteiger partial charge in [0.05, 0.1) is 44.1 Å². The fourth-order valence-electron chi connectivity index (χ4n) is 5.91. The summed E-state index contributed by atoms with van der Waals surface area (Å²) in [6.45, 7) is -1.37. The van der Waals surface area contributed by atoms with Crippen LogP contribution in [0.15, 0.2) is 107 Å². The zero-order valence-electron chi connectivity index (χ0n) is 25.8. The molecule has 1 saturated heterocycles. The van der Waals surface area contributed by atoms with Gasteiger partial charge < -0.3 is 0 Å². The highest BCUT2D eigenvalue weighted by Gasteiger charge is 2.59. The minimum atomic E-state index is -5.66. The number of hydrogen-bond acceptors (Lipinski definition) is 4. The third-order valence-corrected chi connectivity index (χ3v) is 12.0. The first kappa shape index (κ1) is 39.1. The zero-order valence-corrected chi connectivity index (χ0v) is 27.5. The summed E-state index contributed by atoms with van der Waals surface area (Å²) in [4.78, 5) is -3.15. The van der Waals surface area contributed by atoms with Crippen molar-refractivity contribution in [2.24, 2.45) is 0 Å². The highest BCUT2D eigenvalue weighted by Crippen LogP contribution is 2.51. The van der Waals surface area contributed by atoms with Crippen molar-refractivity contribution < 1.29 is 69.5 Å². The van der Waals surface area contributed by atoms with Crippen molar-refractivity contribution in [2.75, 3.05) is 0 Å². The molecule has 0 N–H and O–H groups in total. The van der Waals surface area contributed by atoms with Crippen LogP contribution in [-0.4, -0.2) is 32.3 Å². The summed E-state index contributed by atoms with van der Waals surface area (Å²) in [7, 11) is -11.3. The summed E-state index contributed by atoms with van der Waals surface area (Å²) in [5, 5.41) is 0. The molecule has 0 unspecified atom stereocenters. The summed E-state index contributed by atoms with van der Waals surface area (Å²) in [6, 6.07) is 8.34. The van der Waals surface area contributed by atoms with Crippen LogP contribution in [0.4, 0.5) is 52.7 Å². The number of alkyl halides is 12. The van der Waals surface area contributed by atoms with Gasteiger partial charge in [-0.1, -0.05) is 67.5 Å². The lowest BCUT2D eigenvalue weighted by atomic mass is 9.82. The van der Waals surface area contributed by atoms with Crippen LogP contribution in [0.3, 0.4) is 0 Å². The molecule has 278 valence electrons. The van der Waals surface area contributed by atoms with Gasteiger partial charge in [-0.3, -0.25) is 0 Å². The second kappa shape index (κ2) is 13.1. The van der Waals surface area contributed by atoms with Gasteiger partial charge in [0.25, 0.3) is 0 Å². The van der Waals surface area contributed by atoms with Gasteiger partial charge in [0.1, 0.15) is 0 Å². The van der Waals surface area contributed by atoms with Crippen molar-refractivity contribution in [3.63, 3.8) is 0 Å². The van der Waals surface area contributed by atoms with Gasteiger partial charge in [-0.2, -0.15) is 52.7 Å². The van der Waals surface area contributed by atoms with E-state index in [4.69, 9.17) is 0 Å². The number of benzene rings is 4. The van der Waals surface area contributed by atoms with Gasteiger partial charge in [0.2, 0.25) is 20.0 Å². The maximum atomic E-state index is 14.4. The SMILES string of the molecule is CB1N(S(=O)(=O)c2cc(C(F)(F)F)cc(C(F)(F)F)c2)[C@@H](c2ccccc2)[C@H](c2ccccc2)N1S(=O)(=O)c1cc(C(F)(F)F)cc(C(F)(F)F)c1. The van der Waals surface area contributed by atoms with Crippen molar-refractivity contribution in [1.82, 2.24) is 8.43 Å². The van der Waals surface area contributed by atoms with Crippen LogP contribution in [0.1, 0.15) is 45.5 Å². The first-order chi connectivity index (χ1) is 23.8. The Balaban J connectivity index is 1.85. The van der Waals surface area contributed by atoms with E-state index in [1.54, 1.807) is 0 Å². The Labute approximate surface area is 288 Å². The molecule has 6 nitrogen and oxygen atoms in total. The quantitative estimate of drug-likeness (QED) is 0.145. The van der Waals surface area contributed by atoms with Crippen LogP contribution >= 0.6 is 0 Å². The Morgan fingerprint density at radius 2 is 0.712 bits per heavy atom. The minimum Gasteiger partial charge on any atom is -0.211 e. The molecule has 0 spiro atoms. The summed E-state index contributed by atoms with van der Waals surface area (Å²) >= 11 is 0. The normalized spacial score (nSPS) is 18.6. The van der Waals surface area contributed by atoms with Crippen LogP contribution in [0.5, 0.6) is 0 Å². The predicted molar refractivity (Wildman–Crippen MR) is 161 cm³/mol. The van der Waals surface area contributed by atoms with E-state index in [1.165, 1.54) is 60.7 Å². The Morgan fingerprint density at radius 3 is 0.942 bits per heavy atom. The highest BCUT2D eigenvalue weighted by atomic mass is 32.2. The minimum absolute atomic E-state index is 0.0903. The van der Waals surface area contributed by atoms with Crippen LogP contribution in [0.25, 0.3) is 0 Å². The summed E-state index contributed by atoms with van der Waals surface area (Å²) in [6.07, 6.45) is -22.0. The molecule has 4 aromatic carbocycles. The average molecular weight is 788 g/mol. The molecule has 0 saturated carbocycles. The molecule has 21 heteroatoms. The second-order valence-corrected chi connectivity index (χ2v) is 15.2. The van der Waals surface area contributed by atoms with Crippen LogP contribution in [-0.2, 0) is 44.8 Å². The lowest BCUT2D eigenvalue weighted by Gasteiger charge is -2.30. The number of rotatable bonds is 6. The topological polar surface area (TPSA) is 74.8 Å². The van der Waals surface area contributed by atoms with E-state index in [9.17, 15) is 69.5 Å². The van der Waals surface area contributed by atoms with E-state index in [-0.39, 0.29) is 56.0 Å². The van der Waals surface area contributed by atoms with E-state index in [0.29, 0.717) is 0 Å². The number of hydrogen-bond donors (Lipinski definition) is 0. The van der Waals surface area contributed by atoms with E-state index < -0.39 is 95.9 Å². The van der Waals surface area contributed by atoms with Crippen molar-refractivity contribution in [1.29, 1.82) is 0 Å². The fourth-order valence-corrected chi connectivity index (χ4v) is 9.64. The van der Waals surface area contributed by atoms with E-state index in [1.807, 2.05) is 0 Å². The second-order valence-electron chi connectivity index (χ2n) is 11.5. The van der Waals surface area contributed by atoms with Crippen molar-refractivity contribution in [3.8, 4) is 0 Å². The van der Waals surface area contributed by atoms with E-state index in [0.717, 1.165) is 6.82 Å². The summed E-state index contributed by atoms with van der Waals surface area (Å²) in [5.41, 5.74) is -8.30. The van der Waals surface area contributed by atoms with Crippen molar-refractivity contribution >= 4 is 27.0 Å². The zero-order chi connectivity index (χ0) is 38.8. The molecule has 1 aliphatic rings. The molecule has 0 aromatic heterocycles. The molecule has 4 aromatic rings. The Bertz CT molecular complexity index is 1960. The molecular formula is C31H21BF12N2O4S2. The van der Waals surface area contributed by atoms with Gasteiger partial charge in [0.15, 0.2) is 0 Å². The molecule has 0 radical (unpaired) electrons. The molecule has 5 rings (SSSR count). The first-order valence-corrected chi connectivity index (χ1v) is 17.4. The van der Waals surface area contributed by atoms with Crippen molar-refractivity contribution in [2.45, 2.75) is 53.4 Å². The Kier molecular flexibility index (Phi) is 9.86. The van der Waals surface area contributed by atoms with Crippen LogP contribution in [0, 0.1) is 0 Å². The van der Waals surface area contributed by atoms with E-state index in [2.05, 4.69) is 0 Å². The smallest absolute Gasteiger partial charge is 0.211 e. The lowest BCUT2D eigenvalue weighted by molar-refractivity contribution is -0.145. The maximum absolute atomic E-state index is 14.4. The maximum Gasteiger partial charge on any atom is 0.416 e. The Hall–Kier alpha value is -4.08. The average Bonchev–Trinajstić information content (AvgIpc) is 3.37. The third-order valence-electron chi connectivity index (χ3n) is 8.14. The van der Waals surface area contributed by atoms with Gasteiger partial charge >= 0.3 is 31.7 Å². The summed E-state index contributed by atoms with van der Waals surface area (Å²) < 4.78 is 224. The fraction of sp³-hybridized carbons (Fsp3) is 0.226. The molecule has 52 heavy (non-hydrogen) atoms. The molecule has 1 fully saturated rings. The molecular weight excluding hydrogens is 767 g/mol. The lowest BCUT2D eigenvalue weighted by Crippen LogP contribution is -2.47. The molecule has 2 atom stereocenters. The van der Waals surface area contributed by atoms with Gasteiger partial charge in [-0.15, -0.1) is 0 Å². The largest absolute Gasteiger partial charge is 0.416 e. The monoisotopic (exact) mass is 788 g/mol. The van der Waals surface area contributed by atoms with Crippen LogP contribution in [0.2, 0.25) is 6.82 Å². The van der Waals surface area contributed by atoms with Crippen LogP contribution < -0.4 is 0 Å². The van der Waals surface area contributed by atoms with Gasteiger partial charge in [-0.05, 0) is 47.5 Å². The van der Waals surface area contributed by atoms with E-state index >= 15 is 0 Å². The molecule has 1 heterocycles. The molecule has 0 aliphatic carbocycles. The summed E-state index contributed by atoms with van der Waals surface area (Å²) in [5.74, 6) is 0. The number of halogens is 12.